The minimum Gasteiger partial charge on any atom is -0.460 e. The van der Waals surface area contributed by atoms with Gasteiger partial charge in [0.05, 0.1) is 29.2 Å². The van der Waals surface area contributed by atoms with Crippen LogP contribution < -0.4 is 0 Å². The predicted octanol–water partition coefficient (Wildman–Crippen LogP) is 7.10. The molecule has 0 spiro atoms. The molecular weight excluding hydrogens is 613 g/mol. The second-order valence-electron chi connectivity index (χ2n) is 6.83. The molecule has 3 aromatic heterocycles. The lowest BCUT2D eigenvalue weighted by Gasteiger charge is -2.19. The fourth-order valence-electron chi connectivity index (χ4n) is 1.88. The van der Waals surface area contributed by atoms with Crippen LogP contribution in [0.15, 0.2) is 37.3 Å². The van der Waals surface area contributed by atoms with Gasteiger partial charge in [-0.05, 0) is 81.8 Å². The molecule has 0 atom stereocenters. The largest absolute Gasteiger partial charge is 0.460 e. The third-order valence-corrected chi connectivity index (χ3v) is 6.50. The van der Waals surface area contributed by atoms with E-state index >= 15 is 0 Å². The molecule has 0 saturated heterocycles. The van der Waals surface area contributed by atoms with E-state index in [9.17, 15) is 14.4 Å². The first-order valence-corrected chi connectivity index (χ1v) is 12.7. The summed E-state index contributed by atoms with van der Waals surface area (Å²) in [6, 6.07) is 5.84. The Hall–Kier alpha value is -0.840. The SMILES string of the molecule is CC(C)(C)OC(=O)Cc1csc(Br)c1.Clc1cnc2cc(Br)sc2c1.O=CC(Cl)C=O. The highest BCUT2D eigenvalue weighted by Crippen LogP contribution is 2.29. The molecule has 3 heterocycles. The molecular formula is C20H19Br2Cl2NO4S2. The summed E-state index contributed by atoms with van der Waals surface area (Å²) in [6.07, 6.45) is 2.74. The van der Waals surface area contributed by atoms with E-state index in [2.05, 4.69) is 36.8 Å². The molecule has 31 heavy (non-hydrogen) atoms. The number of nitrogens with zero attached hydrogens (tertiary/aromatic N) is 1. The number of halogens is 4. The van der Waals surface area contributed by atoms with Crippen molar-refractivity contribution in [3.05, 3.63) is 47.9 Å². The predicted molar refractivity (Wildman–Crippen MR) is 136 cm³/mol. The number of thiophene rings is 2. The van der Waals surface area contributed by atoms with Gasteiger partial charge in [-0.2, -0.15) is 0 Å². The van der Waals surface area contributed by atoms with Gasteiger partial charge >= 0.3 is 5.97 Å². The van der Waals surface area contributed by atoms with E-state index in [1.54, 1.807) is 28.9 Å². The van der Waals surface area contributed by atoms with Crippen LogP contribution in [-0.2, 0) is 25.5 Å². The average Bonchev–Trinajstić information content (AvgIpc) is 3.24. The minimum absolute atomic E-state index is 0.178. The molecule has 0 N–H and O–H groups in total. The number of carbonyl (C=O) groups excluding carboxylic acids is 3. The minimum atomic E-state index is -0.954. The number of alkyl halides is 1. The molecule has 3 rings (SSSR count). The Bertz CT molecular complexity index is 1010. The lowest BCUT2D eigenvalue weighted by molar-refractivity contribution is -0.153. The molecule has 0 unspecified atom stereocenters. The standard InChI is InChI=1S/C10H13BrO2S.C7H3BrClNS.C3H3ClO2/c1-10(2,3)13-9(12)5-7-4-8(11)14-6-7;8-7-2-5-6(11-7)1-4(9)3-10-5;4-3(1-5)2-6/h4,6H,5H2,1-3H3;1-3H;1-3H. The summed E-state index contributed by atoms with van der Waals surface area (Å²) >= 11 is 20.6. The van der Waals surface area contributed by atoms with Crippen molar-refractivity contribution in [2.24, 2.45) is 0 Å². The van der Waals surface area contributed by atoms with Crippen molar-refractivity contribution in [1.82, 2.24) is 4.98 Å². The molecule has 0 aliphatic carbocycles. The van der Waals surface area contributed by atoms with Crippen molar-refractivity contribution in [3.63, 3.8) is 0 Å². The van der Waals surface area contributed by atoms with Crippen molar-refractivity contribution in [2.45, 2.75) is 38.2 Å². The smallest absolute Gasteiger partial charge is 0.310 e. The number of fused-ring (bicyclic) bond motifs is 1. The number of rotatable bonds is 4. The first kappa shape index (κ1) is 28.2. The summed E-state index contributed by atoms with van der Waals surface area (Å²) in [5, 5.41) is 1.69. The van der Waals surface area contributed by atoms with Gasteiger partial charge in [0.25, 0.3) is 0 Å². The van der Waals surface area contributed by atoms with Crippen LogP contribution >= 0.6 is 77.7 Å². The van der Waals surface area contributed by atoms with Crippen LogP contribution in [0.25, 0.3) is 10.2 Å². The molecule has 11 heteroatoms. The van der Waals surface area contributed by atoms with Crippen molar-refractivity contribution in [1.29, 1.82) is 0 Å². The lowest BCUT2D eigenvalue weighted by Crippen LogP contribution is -2.24. The quantitative estimate of drug-likeness (QED) is 0.133. The van der Waals surface area contributed by atoms with Crippen molar-refractivity contribution < 1.29 is 19.1 Å². The third-order valence-electron chi connectivity index (χ3n) is 2.96. The number of aldehydes is 2. The topological polar surface area (TPSA) is 73.3 Å². The molecule has 0 aliphatic rings. The Morgan fingerprint density at radius 2 is 1.84 bits per heavy atom. The van der Waals surface area contributed by atoms with Crippen LogP contribution in [0.4, 0.5) is 0 Å². The van der Waals surface area contributed by atoms with Crippen LogP contribution in [0.5, 0.6) is 0 Å². The molecule has 5 nitrogen and oxygen atoms in total. The second-order valence-corrected chi connectivity index (χ2v) is 12.5. The van der Waals surface area contributed by atoms with E-state index in [0.29, 0.717) is 24.0 Å². The maximum atomic E-state index is 11.4. The Balaban J connectivity index is 0.000000252. The summed E-state index contributed by atoms with van der Waals surface area (Å²) in [5.74, 6) is -0.178. The molecule has 0 saturated carbocycles. The first-order chi connectivity index (χ1) is 14.4. The number of hydrogen-bond acceptors (Lipinski definition) is 7. The van der Waals surface area contributed by atoms with Crippen LogP contribution in [0.1, 0.15) is 26.3 Å². The van der Waals surface area contributed by atoms with Crippen LogP contribution in [-0.4, -0.2) is 34.5 Å². The van der Waals surface area contributed by atoms with Gasteiger partial charge in [-0.1, -0.05) is 11.6 Å². The van der Waals surface area contributed by atoms with Gasteiger partial charge in [0.2, 0.25) is 0 Å². The van der Waals surface area contributed by atoms with Gasteiger partial charge in [0.1, 0.15) is 23.6 Å². The molecule has 0 fully saturated rings. The van der Waals surface area contributed by atoms with E-state index in [-0.39, 0.29) is 5.97 Å². The highest BCUT2D eigenvalue weighted by atomic mass is 79.9. The second kappa shape index (κ2) is 13.6. The van der Waals surface area contributed by atoms with E-state index < -0.39 is 11.0 Å². The van der Waals surface area contributed by atoms with Gasteiger partial charge < -0.3 is 14.3 Å². The normalized spacial score (nSPS) is 10.6. The van der Waals surface area contributed by atoms with Gasteiger partial charge in [-0.15, -0.1) is 34.3 Å². The van der Waals surface area contributed by atoms with Crippen LogP contribution in [0.2, 0.25) is 5.02 Å². The Morgan fingerprint density at radius 1 is 1.19 bits per heavy atom. The number of esters is 1. The van der Waals surface area contributed by atoms with E-state index in [1.165, 1.54) is 0 Å². The molecule has 0 aromatic carbocycles. The molecule has 3 aromatic rings. The van der Waals surface area contributed by atoms with Crippen LogP contribution in [0, 0.1) is 0 Å². The number of pyridine rings is 1. The van der Waals surface area contributed by atoms with Crippen molar-refractivity contribution in [3.8, 4) is 0 Å². The maximum absolute atomic E-state index is 11.4. The van der Waals surface area contributed by atoms with Gasteiger partial charge in [0, 0.05) is 6.20 Å². The average molecular weight is 632 g/mol. The zero-order valence-corrected chi connectivity index (χ0v) is 23.1. The lowest BCUT2D eigenvalue weighted by atomic mass is 10.2. The van der Waals surface area contributed by atoms with E-state index in [1.807, 2.05) is 44.4 Å². The Labute approximate surface area is 215 Å². The van der Waals surface area contributed by atoms with Gasteiger partial charge in [-0.25, -0.2) is 0 Å². The third kappa shape index (κ3) is 12.1. The summed E-state index contributed by atoms with van der Waals surface area (Å²) in [6.45, 7) is 5.61. The zero-order chi connectivity index (χ0) is 23.6. The molecule has 0 aliphatic heterocycles. The molecule has 0 bridgehead atoms. The summed E-state index contributed by atoms with van der Waals surface area (Å²) in [7, 11) is 0. The van der Waals surface area contributed by atoms with E-state index in [0.717, 1.165) is 23.4 Å². The fraction of sp³-hybridized carbons (Fsp3) is 0.300. The summed E-state index contributed by atoms with van der Waals surface area (Å²) in [4.78, 5) is 34.3. The summed E-state index contributed by atoms with van der Waals surface area (Å²) in [5.41, 5.74) is 1.59. The number of aromatic nitrogens is 1. The van der Waals surface area contributed by atoms with Crippen molar-refractivity contribution >= 4 is 106 Å². The fourth-order valence-corrected chi connectivity index (χ4v) is 4.83. The zero-order valence-electron chi connectivity index (χ0n) is 16.7. The van der Waals surface area contributed by atoms with Gasteiger partial charge in [0.15, 0.2) is 0 Å². The van der Waals surface area contributed by atoms with Gasteiger partial charge in [-0.3, -0.25) is 9.78 Å². The highest BCUT2D eigenvalue weighted by Gasteiger charge is 2.16. The molecule has 0 amide bonds. The number of ether oxygens (including phenoxy) is 1. The highest BCUT2D eigenvalue weighted by molar-refractivity contribution is 9.11. The monoisotopic (exact) mass is 629 g/mol. The van der Waals surface area contributed by atoms with Crippen LogP contribution in [0.3, 0.4) is 0 Å². The first-order valence-electron chi connectivity index (χ1n) is 8.63. The van der Waals surface area contributed by atoms with E-state index in [4.69, 9.17) is 27.9 Å². The maximum Gasteiger partial charge on any atom is 0.310 e. The van der Waals surface area contributed by atoms with Crippen molar-refractivity contribution in [2.75, 3.05) is 0 Å². The molecule has 168 valence electrons. The number of hydrogen-bond donors (Lipinski definition) is 0. The molecule has 0 radical (unpaired) electrons. The Kier molecular flexibility index (Phi) is 12.4. The Morgan fingerprint density at radius 3 is 2.32 bits per heavy atom. The number of carbonyl (C=O) groups is 3. The summed E-state index contributed by atoms with van der Waals surface area (Å²) < 4.78 is 8.44.